The molecule has 1 amide bonds. The lowest BCUT2D eigenvalue weighted by Crippen LogP contribution is -2.58. The normalized spacial score (nSPS) is 22.4. The number of nitriles is 1. The monoisotopic (exact) mass is 582 g/mol. The lowest BCUT2D eigenvalue weighted by molar-refractivity contribution is -0.215. The lowest BCUT2D eigenvalue weighted by Gasteiger charge is -2.49. The molecule has 0 bridgehead atoms. The smallest absolute Gasteiger partial charge is 0.365 e. The number of nitrogens with two attached hydrogens (primary N) is 1. The molecule has 0 radical (unpaired) electrons. The second kappa shape index (κ2) is 11.9. The van der Waals surface area contributed by atoms with Crippen LogP contribution in [0, 0.1) is 17.2 Å². The van der Waals surface area contributed by atoms with Crippen molar-refractivity contribution in [3.63, 3.8) is 0 Å². The molecule has 0 atom stereocenters. The van der Waals surface area contributed by atoms with Crippen molar-refractivity contribution in [2.24, 2.45) is 11.7 Å². The molecular weight excluding hydrogens is 548 g/mol. The van der Waals surface area contributed by atoms with Crippen LogP contribution in [-0.2, 0) is 19.2 Å². The Bertz CT molecular complexity index is 1270. The topological polar surface area (TPSA) is 135 Å². The van der Waals surface area contributed by atoms with Crippen LogP contribution in [0.25, 0.3) is 0 Å². The highest BCUT2D eigenvalue weighted by molar-refractivity contribution is 7.62. The SMILES string of the molecule is CCOP(=O)(OCC)c1ccc(Nc2nn(C3(CC#N)CCC(N4CC(C(F)(F)F)C4)CC3)cc2C(N)=O)cc1. The number of primary amides is 1. The van der Waals surface area contributed by atoms with Gasteiger partial charge in [0.05, 0.1) is 42.5 Å². The Kier molecular flexibility index (Phi) is 8.95. The van der Waals surface area contributed by atoms with Crippen LogP contribution >= 0.6 is 7.60 Å². The maximum Gasteiger partial charge on any atom is 0.394 e. The van der Waals surface area contributed by atoms with Gasteiger partial charge in [0.2, 0.25) is 0 Å². The molecule has 1 saturated carbocycles. The molecule has 2 heterocycles. The Labute approximate surface area is 231 Å². The zero-order valence-corrected chi connectivity index (χ0v) is 23.4. The first kappa shape index (κ1) is 30.1. The van der Waals surface area contributed by atoms with E-state index < -0.39 is 31.1 Å². The number of likely N-dealkylation sites (tertiary alicyclic amines) is 1. The van der Waals surface area contributed by atoms with E-state index in [1.54, 1.807) is 42.8 Å². The molecule has 1 aromatic heterocycles. The van der Waals surface area contributed by atoms with E-state index in [0.29, 0.717) is 36.7 Å². The number of amides is 1. The van der Waals surface area contributed by atoms with Crippen molar-refractivity contribution in [1.82, 2.24) is 14.7 Å². The molecular formula is C26H34F3N6O4P. The molecule has 218 valence electrons. The van der Waals surface area contributed by atoms with Gasteiger partial charge in [-0.3, -0.25) is 18.9 Å². The average molecular weight is 583 g/mol. The summed E-state index contributed by atoms with van der Waals surface area (Å²) in [5.74, 6) is -1.79. The molecule has 1 aliphatic heterocycles. The molecule has 1 saturated heterocycles. The predicted molar refractivity (Wildman–Crippen MR) is 143 cm³/mol. The van der Waals surface area contributed by atoms with Crippen molar-refractivity contribution in [3.8, 4) is 6.07 Å². The van der Waals surface area contributed by atoms with Crippen LogP contribution in [0.2, 0.25) is 0 Å². The van der Waals surface area contributed by atoms with Gasteiger partial charge in [-0.25, -0.2) is 0 Å². The Morgan fingerprint density at radius 3 is 2.30 bits per heavy atom. The maximum absolute atomic E-state index is 13.0. The number of aromatic nitrogens is 2. The van der Waals surface area contributed by atoms with Crippen LogP contribution in [0.4, 0.5) is 24.7 Å². The minimum Gasteiger partial charge on any atom is -0.365 e. The number of nitrogens with one attached hydrogen (secondary N) is 1. The van der Waals surface area contributed by atoms with Gasteiger partial charge in [-0.1, -0.05) is 0 Å². The van der Waals surface area contributed by atoms with Gasteiger partial charge >= 0.3 is 13.8 Å². The van der Waals surface area contributed by atoms with Gasteiger partial charge in [0.15, 0.2) is 5.82 Å². The fraction of sp³-hybridized carbons (Fsp3) is 0.577. The summed E-state index contributed by atoms with van der Waals surface area (Å²) < 4.78 is 64.2. The molecule has 1 aliphatic carbocycles. The second-order valence-electron chi connectivity index (χ2n) is 10.2. The molecule has 2 fully saturated rings. The van der Waals surface area contributed by atoms with E-state index in [1.807, 2.05) is 4.90 Å². The van der Waals surface area contributed by atoms with E-state index in [0.717, 1.165) is 0 Å². The van der Waals surface area contributed by atoms with Crippen LogP contribution in [-0.4, -0.2) is 59.1 Å². The van der Waals surface area contributed by atoms with Gasteiger partial charge in [0.1, 0.15) is 5.56 Å². The molecule has 0 spiro atoms. The summed E-state index contributed by atoms with van der Waals surface area (Å²) in [6.45, 7) is 3.89. The number of nitrogens with zero attached hydrogens (tertiary/aromatic N) is 4. The summed E-state index contributed by atoms with van der Waals surface area (Å²) in [6.07, 6.45) is -0.246. The minimum atomic E-state index is -4.17. The van der Waals surface area contributed by atoms with Gasteiger partial charge in [-0.05, 0) is 63.8 Å². The molecule has 2 aliphatic rings. The van der Waals surface area contributed by atoms with Crippen molar-refractivity contribution >= 4 is 30.3 Å². The summed E-state index contributed by atoms with van der Waals surface area (Å²) >= 11 is 0. The van der Waals surface area contributed by atoms with E-state index in [1.165, 1.54) is 6.20 Å². The first-order valence-corrected chi connectivity index (χ1v) is 14.8. The van der Waals surface area contributed by atoms with Crippen LogP contribution in [0.3, 0.4) is 0 Å². The summed E-state index contributed by atoms with van der Waals surface area (Å²) in [7, 11) is -3.46. The number of hydrogen-bond acceptors (Lipinski definition) is 8. The first-order chi connectivity index (χ1) is 18.9. The van der Waals surface area contributed by atoms with Crippen LogP contribution in [0.1, 0.15) is 56.3 Å². The number of carbonyl (C=O) groups is 1. The Morgan fingerprint density at radius 2 is 1.80 bits per heavy atom. The number of halogens is 3. The average Bonchev–Trinajstić information content (AvgIpc) is 3.29. The van der Waals surface area contributed by atoms with Crippen molar-refractivity contribution in [2.75, 3.05) is 31.6 Å². The van der Waals surface area contributed by atoms with Crippen molar-refractivity contribution in [2.45, 2.75) is 63.7 Å². The molecule has 40 heavy (non-hydrogen) atoms. The molecule has 2 aromatic rings. The summed E-state index contributed by atoms with van der Waals surface area (Å²) in [5.41, 5.74) is 5.61. The fourth-order valence-corrected chi connectivity index (χ4v) is 7.00. The minimum absolute atomic E-state index is 0.00443. The summed E-state index contributed by atoms with van der Waals surface area (Å²) in [5, 5.41) is 17.7. The van der Waals surface area contributed by atoms with Crippen LogP contribution < -0.4 is 16.4 Å². The highest BCUT2D eigenvalue weighted by atomic mass is 31.2. The van der Waals surface area contributed by atoms with Gasteiger partial charge < -0.3 is 20.1 Å². The third-order valence-corrected chi connectivity index (χ3v) is 9.82. The zero-order chi connectivity index (χ0) is 29.1. The molecule has 14 heteroatoms. The van der Waals surface area contributed by atoms with Gasteiger partial charge in [0, 0.05) is 31.0 Å². The van der Waals surface area contributed by atoms with Gasteiger partial charge in [0.25, 0.3) is 5.91 Å². The van der Waals surface area contributed by atoms with Crippen LogP contribution in [0.15, 0.2) is 30.5 Å². The third-order valence-electron chi connectivity index (χ3n) is 7.69. The van der Waals surface area contributed by atoms with Gasteiger partial charge in [-0.2, -0.15) is 23.5 Å². The number of hydrogen-bond donors (Lipinski definition) is 2. The zero-order valence-electron chi connectivity index (χ0n) is 22.5. The van der Waals surface area contributed by atoms with E-state index in [9.17, 15) is 27.8 Å². The fourth-order valence-electron chi connectivity index (χ4n) is 5.44. The standard InChI is InChI=1S/C26H34F3N6O4P/c1-3-38-40(37,39-4-2)21-7-5-19(6-8-21)32-24-22(23(31)36)17-35(33-24)25(13-14-30)11-9-20(10-12-25)34-15-18(16-34)26(27,28)29/h5-8,17-18,20H,3-4,9-13,15-16H2,1-2H3,(H2,31,36)(H,32,33). The summed E-state index contributed by atoms with van der Waals surface area (Å²) in [4.78, 5) is 14.2. The van der Waals surface area contributed by atoms with E-state index >= 15 is 0 Å². The lowest BCUT2D eigenvalue weighted by atomic mass is 9.76. The molecule has 0 unspecified atom stereocenters. The number of rotatable bonds is 11. The largest absolute Gasteiger partial charge is 0.394 e. The quantitative estimate of drug-likeness (QED) is 0.365. The number of benzene rings is 1. The number of carbonyl (C=O) groups excluding carboxylic acids is 1. The molecule has 1 aromatic carbocycles. The van der Waals surface area contributed by atoms with Crippen LogP contribution in [0.5, 0.6) is 0 Å². The second-order valence-corrected chi connectivity index (χ2v) is 12.2. The van der Waals surface area contributed by atoms with Crippen molar-refractivity contribution in [1.29, 1.82) is 5.26 Å². The maximum atomic E-state index is 13.0. The highest BCUT2D eigenvalue weighted by Crippen LogP contribution is 2.47. The highest BCUT2D eigenvalue weighted by Gasteiger charge is 2.50. The number of alkyl halides is 3. The Balaban J connectivity index is 1.51. The first-order valence-electron chi connectivity index (χ1n) is 13.3. The molecule has 3 N–H and O–H groups in total. The number of anilines is 2. The molecule has 10 nitrogen and oxygen atoms in total. The van der Waals surface area contributed by atoms with E-state index in [4.69, 9.17) is 14.8 Å². The van der Waals surface area contributed by atoms with Gasteiger partial charge in [-0.15, -0.1) is 0 Å². The Hall–Kier alpha value is -2.91. The predicted octanol–water partition coefficient (Wildman–Crippen LogP) is 4.66. The summed E-state index contributed by atoms with van der Waals surface area (Å²) in [6, 6.07) is 8.74. The third kappa shape index (κ3) is 6.20. The molecule has 4 rings (SSSR count). The van der Waals surface area contributed by atoms with E-state index in [-0.39, 0.29) is 50.1 Å². The Morgan fingerprint density at radius 1 is 1.20 bits per heavy atom. The van der Waals surface area contributed by atoms with Crippen molar-refractivity contribution < 1.29 is 31.6 Å². The van der Waals surface area contributed by atoms with Crippen molar-refractivity contribution in [3.05, 3.63) is 36.0 Å². The van der Waals surface area contributed by atoms with E-state index in [2.05, 4.69) is 16.5 Å².